The molecule has 4 nitrogen and oxygen atoms in total. The second kappa shape index (κ2) is 5.87. The van der Waals surface area contributed by atoms with Crippen molar-refractivity contribution in [2.24, 2.45) is 0 Å². The van der Waals surface area contributed by atoms with Crippen molar-refractivity contribution in [2.45, 2.75) is 19.4 Å². The lowest BCUT2D eigenvalue weighted by atomic mass is 10.1. The molecule has 0 aliphatic rings. The highest BCUT2D eigenvalue weighted by Crippen LogP contribution is 2.26. The van der Waals surface area contributed by atoms with Gasteiger partial charge in [0.05, 0.1) is 18.3 Å². The molecule has 0 aliphatic carbocycles. The summed E-state index contributed by atoms with van der Waals surface area (Å²) in [5, 5.41) is 12.2. The lowest BCUT2D eigenvalue weighted by molar-refractivity contribution is 0.0873. The number of aromatic nitrogens is 1. The quantitative estimate of drug-likeness (QED) is 0.912. The van der Waals surface area contributed by atoms with E-state index < -0.39 is 17.2 Å². The van der Waals surface area contributed by atoms with Crippen LogP contribution in [-0.2, 0) is 0 Å². The first-order valence-corrected chi connectivity index (χ1v) is 6.99. The molecule has 1 heterocycles. The van der Waals surface area contributed by atoms with Crippen molar-refractivity contribution in [3.63, 3.8) is 0 Å². The Morgan fingerprint density at radius 3 is 2.71 bits per heavy atom. The van der Waals surface area contributed by atoms with Crippen molar-refractivity contribution in [2.75, 3.05) is 6.61 Å². The predicted octanol–water partition coefficient (Wildman–Crippen LogP) is 2.59. The molecule has 21 heavy (non-hydrogen) atoms. The van der Waals surface area contributed by atoms with Gasteiger partial charge in [-0.15, -0.1) is 11.3 Å². The number of hydrogen-bond acceptors (Lipinski definition) is 4. The minimum absolute atomic E-state index is 0.201. The fraction of sp³-hybridized carbons (Fsp3) is 0.286. The van der Waals surface area contributed by atoms with Gasteiger partial charge in [-0.05, 0) is 32.0 Å². The Kier molecular flexibility index (Phi) is 4.34. The largest absolute Gasteiger partial charge is 0.394 e. The third-order valence-electron chi connectivity index (χ3n) is 2.74. The molecule has 0 aliphatic heterocycles. The van der Waals surface area contributed by atoms with Gasteiger partial charge in [-0.25, -0.2) is 13.8 Å². The molecule has 2 rings (SSSR count). The van der Waals surface area contributed by atoms with E-state index in [-0.39, 0.29) is 12.5 Å². The lowest BCUT2D eigenvalue weighted by Gasteiger charge is -2.22. The molecule has 0 unspecified atom stereocenters. The molecule has 2 N–H and O–H groups in total. The van der Waals surface area contributed by atoms with Gasteiger partial charge in [0, 0.05) is 5.56 Å². The normalized spacial score (nSPS) is 11.5. The van der Waals surface area contributed by atoms with Gasteiger partial charge in [0.25, 0.3) is 5.91 Å². The zero-order valence-corrected chi connectivity index (χ0v) is 12.3. The van der Waals surface area contributed by atoms with Gasteiger partial charge in [0.15, 0.2) is 11.6 Å². The Labute approximate surface area is 124 Å². The molecule has 112 valence electrons. The van der Waals surface area contributed by atoms with Crippen molar-refractivity contribution in [1.29, 1.82) is 0 Å². The smallest absolute Gasteiger partial charge is 0.263 e. The van der Waals surface area contributed by atoms with Crippen LogP contribution in [0.5, 0.6) is 0 Å². The molecule has 0 spiro atoms. The number of amides is 1. The molecule has 1 aromatic carbocycles. The summed E-state index contributed by atoms with van der Waals surface area (Å²) in [6.45, 7) is 3.16. The van der Waals surface area contributed by atoms with E-state index in [0.29, 0.717) is 15.4 Å². The van der Waals surface area contributed by atoms with Crippen molar-refractivity contribution in [3.05, 3.63) is 40.9 Å². The van der Waals surface area contributed by atoms with E-state index in [1.807, 2.05) is 0 Å². The third-order valence-corrected chi connectivity index (χ3v) is 3.79. The average Bonchev–Trinajstić information content (AvgIpc) is 2.91. The first-order chi connectivity index (χ1) is 9.82. The highest BCUT2D eigenvalue weighted by molar-refractivity contribution is 7.16. The SMILES string of the molecule is CC(C)(CO)NC(=O)c1cnc(-c2ccc(F)c(F)c2)s1. The number of carbonyl (C=O) groups excluding carboxylic acids is 1. The monoisotopic (exact) mass is 312 g/mol. The van der Waals surface area contributed by atoms with Crippen LogP contribution in [0.25, 0.3) is 10.6 Å². The number of benzene rings is 1. The Balaban J connectivity index is 2.21. The molecule has 0 radical (unpaired) electrons. The molecule has 1 amide bonds. The maximum absolute atomic E-state index is 13.2. The Morgan fingerprint density at radius 2 is 2.10 bits per heavy atom. The standard InChI is InChI=1S/C14H14F2N2O2S/c1-14(2,7-19)18-12(20)11-6-17-13(21-11)8-3-4-9(15)10(16)5-8/h3-6,19H,7H2,1-2H3,(H,18,20). The van der Waals surface area contributed by atoms with E-state index in [4.69, 9.17) is 5.11 Å². The van der Waals surface area contributed by atoms with Crippen molar-refractivity contribution in [3.8, 4) is 10.6 Å². The average molecular weight is 312 g/mol. The molecule has 2 aromatic rings. The number of aliphatic hydroxyl groups excluding tert-OH is 1. The van der Waals surface area contributed by atoms with E-state index in [0.717, 1.165) is 23.5 Å². The highest BCUT2D eigenvalue weighted by Gasteiger charge is 2.21. The summed E-state index contributed by atoms with van der Waals surface area (Å²) in [6, 6.07) is 3.45. The van der Waals surface area contributed by atoms with Crippen LogP contribution < -0.4 is 5.32 Å². The number of nitrogens with zero attached hydrogens (tertiary/aromatic N) is 1. The highest BCUT2D eigenvalue weighted by atomic mass is 32.1. The lowest BCUT2D eigenvalue weighted by Crippen LogP contribution is -2.46. The fourth-order valence-corrected chi connectivity index (χ4v) is 2.36. The summed E-state index contributed by atoms with van der Waals surface area (Å²) in [7, 11) is 0. The van der Waals surface area contributed by atoms with Crippen molar-refractivity contribution >= 4 is 17.2 Å². The molecule has 0 saturated heterocycles. The Morgan fingerprint density at radius 1 is 1.38 bits per heavy atom. The van der Waals surface area contributed by atoms with E-state index in [1.165, 1.54) is 12.3 Å². The maximum atomic E-state index is 13.2. The van der Waals surface area contributed by atoms with E-state index in [2.05, 4.69) is 10.3 Å². The zero-order valence-electron chi connectivity index (χ0n) is 11.5. The van der Waals surface area contributed by atoms with Gasteiger partial charge in [-0.1, -0.05) is 0 Å². The zero-order chi connectivity index (χ0) is 15.6. The summed E-state index contributed by atoms with van der Waals surface area (Å²) in [6.07, 6.45) is 1.37. The number of thiazole rings is 1. The molecule has 0 saturated carbocycles. The van der Waals surface area contributed by atoms with Crippen LogP contribution in [0.4, 0.5) is 8.78 Å². The number of rotatable bonds is 4. The fourth-order valence-electron chi connectivity index (χ4n) is 1.55. The molecular weight excluding hydrogens is 298 g/mol. The van der Waals surface area contributed by atoms with Gasteiger partial charge in [-0.2, -0.15) is 0 Å². The van der Waals surface area contributed by atoms with Crippen LogP contribution in [0.3, 0.4) is 0 Å². The molecule has 7 heteroatoms. The van der Waals surface area contributed by atoms with E-state index >= 15 is 0 Å². The van der Waals surface area contributed by atoms with E-state index in [9.17, 15) is 13.6 Å². The Hall–Kier alpha value is -1.86. The molecule has 0 bridgehead atoms. The second-order valence-corrected chi connectivity index (χ2v) is 6.19. The minimum atomic E-state index is -0.963. The number of aliphatic hydroxyl groups is 1. The number of carbonyl (C=O) groups is 1. The van der Waals surface area contributed by atoms with Gasteiger partial charge < -0.3 is 10.4 Å². The van der Waals surface area contributed by atoms with Gasteiger partial charge in [0.1, 0.15) is 9.88 Å². The maximum Gasteiger partial charge on any atom is 0.263 e. The summed E-state index contributed by atoms with van der Waals surface area (Å²) >= 11 is 1.07. The van der Waals surface area contributed by atoms with Gasteiger partial charge in [0.2, 0.25) is 0 Å². The minimum Gasteiger partial charge on any atom is -0.394 e. The Bertz CT molecular complexity index is 671. The molecule has 0 atom stereocenters. The topological polar surface area (TPSA) is 62.2 Å². The van der Waals surface area contributed by atoms with Gasteiger partial charge in [-0.3, -0.25) is 4.79 Å². The van der Waals surface area contributed by atoms with Crippen LogP contribution in [0, 0.1) is 11.6 Å². The van der Waals surface area contributed by atoms with Crippen molar-refractivity contribution < 1.29 is 18.7 Å². The van der Waals surface area contributed by atoms with E-state index in [1.54, 1.807) is 13.8 Å². The number of hydrogen-bond donors (Lipinski definition) is 2. The first-order valence-electron chi connectivity index (χ1n) is 6.17. The van der Waals surface area contributed by atoms with Gasteiger partial charge >= 0.3 is 0 Å². The van der Waals surface area contributed by atoms with Crippen LogP contribution in [-0.4, -0.2) is 28.1 Å². The van der Waals surface area contributed by atoms with Crippen LogP contribution in [0.15, 0.2) is 24.4 Å². The number of halogens is 2. The first kappa shape index (κ1) is 15.5. The van der Waals surface area contributed by atoms with Crippen LogP contribution >= 0.6 is 11.3 Å². The van der Waals surface area contributed by atoms with Crippen LogP contribution in [0.1, 0.15) is 23.5 Å². The van der Waals surface area contributed by atoms with Crippen LogP contribution in [0.2, 0.25) is 0 Å². The predicted molar refractivity (Wildman–Crippen MR) is 76.1 cm³/mol. The van der Waals surface area contributed by atoms with Crippen molar-refractivity contribution in [1.82, 2.24) is 10.3 Å². The number of nitrogens with one attached hydrogen (secondary N) is 1. The second-order valence-electron chi connectivity index (χ2n) is 5.15. The molecular formula is C14H14F2N2O2S. The summed E-state index contributed by atoms with van der Waals surface area (Å²) in [4.78, 5) is 16.4. The summed E-state index contributed by atoms with van der Waals surface area (Å²) in [5.41, 5.74) is -0.345. The third kappa shape index (κ3) is 3.62. The molecule has 1 aromatic heterocycles. The molecule has 0 fully saturated rings. The summed E-state index contributed by atoms with van der Waals surface area (Å²) in [5.74, 6) is -2.27. The summed E-state index contributed by atoms with van der Waals surface area (Å²) < 4.78 is 26.1.